The lowest BCUT2D eigenvalue weighted by Crippen LogP contribution is -2.11. The van der Waals surface area contributed by atoms with Crippen LogP contribution < -0.4 is 5.73 Å². The van der Waals surface area contributed by atoms with Crippen LogP contribution in [0.3, 0.4) is 0 Å². The Kier molecular flexibility index (Phi) is 3.70. The van der Waals surface area contributed by atoms with Crippen LogP contribution in [-0.2, 0) is 0 Å². The molecule has 1 nitrogen and oxygen atoms in total. The molecule has 0 spiro atoms. The van der Waals surface area contributed by atoms with Gasteiger partial charge in [-0.25, -0.2) is 0 Å². The molecule has 1 atom stereocenters. The van der Waals surface area contributed by atoms with Crippen LogP contribution in [-0.4, -0.2) is 0 Å². The van der Waals surface area contributed by atoms with Gasteiger partial charge in [0.1, 0.15) is 0 Å². The third-order valence-corrected chi connectivity index (χ3v) is 4.63. The smallest absolute Gasteiger partial charge is 0.0563 e. The van der Waals surface area contributed by atoms with Crippen molar-refractivity contribution in [1.82, 2.24) is 0 Å². The lowest BCUT2D eigenvalue weighted by atomic mass is 10.0. The van der Waals surface area contributed by atoms with Crippen molar-refractivity contribution in [2.45, 2.75) is 13.0 Å². The second kappa shape index (κ2) is 4.88. The number of hydrogen-bond donors (Lipinski definition) is 1. The first-order chi connectivity index (χ1) is 7.59. The zero-order valence-electron chi connectivity index (χ0n) is 8.71. The van der Waals surface area contributed by atoms with Gasteiger partial charge in [-0.05, 0) is 57.6 Å². The molecule has 4 heteroatoms. The molecular formula is C12H11BrClNS. The number of thiophene rings is 1. The van der Waals surface area contributed by atoms with E-state index in [9.17, 15) is 0 Å². The van der Waals surface area contributed by atoms with Gasteiger partial charge in [-0.3, -0.25) is 0 Å². The van der Waals surface area contributed by atoms with E-state index in [4.69, 9.17) is 17.3 Å². The Morgan fingerprint density at radius 2 is 2.12 bits per heavy atom. The molecule has 2 N–H and O–H groups in total. The van der Waals surface area contributed by atoms with Crippen molar-refractivity contribution in [2.75, 3.05) is 0 Å². The Balaban J connectivity index is 2.38. The predicted octanol–water partition coefficient (Wildman–Crippen LogP) is 4.52. The minimum absolute atomic E-state index is 0.100. The highest BCUT2D eigenvalue weighted by Crippen LogP contribution is 2.30. The summed E-state index contributed by atoms with van der Waals surface area (Å²) in [7, 11) is 0. The molecule has 0 aliphatic carbocycles. The maximum atomic E-state index is 6.21. The van der Waals surface area contributed by atoms with E-state index in [1.807, 2.05) is 18.2 Å². The second-order valence-corrected chi connectivity index (χ2v) is 5.97. The van der Waals surface area contributed by atoms with Crippen LogP contribution in [0.4, 0.5) is 0 Å². The van der Waals surface area contributed by atoms with Crippen molar-refractivity contribution < 1.29 is 0 Å². The van der Waals surface area contributed by atoms with E-state index < -0.39 is 0 Å². The fraction of sp³-hybridized carbons (Fsp3) is 0.167. The average molecular weight is 317 g/mol. The van der Waals surface area contributed by atoms with Crippen LogP contribution >= 0.6 is 38.9 Å². The van der Waals surface area contributed by atoms with Gasteiger partial charge in [0.25, 0.3) is 0 Å². The van der Waals surface area contributed by atoms with Crippen LogP contribution in [0, 0.1) is 6.92 Å². The highest BCUT2D eigenvalue weighted by molar-refractivity contribution is 9.10. The molecule has 1 heterocycles. The summed E-state index contributed by atoms with van der Waals surface area (Å²) in [4.78, 5) is 1.26. The summed E-state index contributed by atoms with van der Waals surface area (Å²) in [6.45, 7) is 2.08. The first-order valence-electron chi connectivity index (χ1n) is 4.84. The summed E-state index contributed by atoms with van der Waals surface area (Å²) in [6.07, 6.45) is 0. The number of rotatable bonds is 2. The molecular weight excluding hydrogens is 306 g/mol. The number of hydrogen-bond acceptors (Lipinski definition) is 2. The monoisotopic (exact) mass is 315 g/mol. The summed E-state index contributed by atoms with van der Waals surface area (Å²) < 4.78 is 0.896. The Bertz CT molecular complexity index is 509. The summed E-state index contributed by atoms with van der Waals surface area (Å²) in [5.41, 5.74) is 8.42. The largest absolute Gasteiger partial charge is 0.320 e. The van der Waals surface area contributed by atoms with Gasteiger partial charge in [-0.1, -0.05) is 17.7 Å². The topological polar surface area (TPSA) is 26.0 Å². The average Bonchev–Trinajstić information content (AvgIpc) is 2.67. The van der Waals surface area contributed by atoms with Crippen LogP contribution in [0.2, 0.25) is 5.02 Å². The Morgan fingerprint density at radius 3 is 2.69 bits per heavy atom. The molecule has 2 aromatic rings. The fourth-order valence-electron chi connectivity index (χ4n) is 1.60. The van der Waals surface area contributed by atoms with Crippen molar-refractivity contribution in [1.29, 1.82) is 0 Å². The molecule has 2 rings (SSSR count). The molecule has 0 saturated heterocycles. The van der Waals surface area contributed by atoms with E-state index in [1.54, 1.807) is 11.3 Å². The number of nitrogens with two attached hydrogens (primary N) is 1. The normalized spacial score (nSPS) is 12.8. The molecule has 84 valence electrons. The van der Waals surface area contributed by atoms with Gasteiger partial charge in [0.15, 0.2) is 0 Å². The first kappa shape index (κ1) is 12.1. The second-order valence-electron chi connectivity index (χ2n) is 3.58. The molecule has 0 aliphatic heterocycles. The van der Waals surface area contributed by atoms with Gasteiger partial charge >= 0.3 is 0 Å². The first-order valence-corrected chi connectivity index (χ1v) is 6.89. The summed E-state index contributed by atoms with van der Waals surface area (Å²) in [6, 6.07) is 7.81. The molecule has 0 fully saturated rings. The zero-order valence-corrected chi connectivity index (χ0v) is 11.9. The number of aryl methyl sites for hydroxylation is 1. The number of benzene rings is 1. The third-order valence-electron chi connectivity index (χ3n) is 2.54. The van der Waals surface area contributed by atoms with Crippen molar-refractivity contribution in [3.8, 4) is 0 Å². The van der Waals surface area contributed by atoms with Crippen molar-refractivity contribution >= 4 is 38.9 Å². The molecule has 0 bridgehead atoms. The van der Waals surface area contributed by atoms with Gasteiger partial charge in [-0.2, -0.15) is 0 Å². The molecule has 1 unspecified atom stereocenters. The van der Waals surface area contributed by atoms with E-state index >= 15 is 0 Å². The van der Waals surface area contributed by atoms with E-state index in [-0.39, 0.29) is 6.04 Å². The van der Waals surface area contributed by atoms with E-state index in [2.05, 4.69) is 34.3 Å². The lowest BCUT2D eigenvalue weighted by Gasteiger charge is -2.12. The van der Waals surface area contributed by atoms with Crippen LogP contribution in [0.1, 0.15) is 22.0 Å². The van der Waals surface area contributed by atoms with Gasteiger partial charge in [0, 0.05) is 9.35 Å². The molecule has 0 radical (unpaired) electrons. The Hall–Kier alpha value is -0.350. The molecule has 0 amide bonds. The van der Waals surface area contributed by atoms with E-state index in [0.29, 0.717) is 5.02 Å². The van der Waals surface area contributed by atoms with Crippen molar-refractivity contribution in [2.24, 2.45) is 5.73 Å². The van der Waals surface area contributed by atoms with E-state index in [0.717, 1.165) is 10.0 Å². The maximum Gasteiger partial charge on any atom is 0.0563 e. The minimum atomic E-state index is -0.100. The fourth-order valence-corrected chi connectivity index (χ4v) is 2.79. The standard InChI is InChI=1S/C12H11BrClNS/c1-7-9(4-5-16-7)12(15)8-2-3-10(13)11(14)6-8/h2-6,12H,15H2,1H3. The molecule has 1 aromatic carbocycles. The summed E-state index contributed by atoms with van der Waals surface area (Å²) in [5, 5.41) is 2.76. The summed E-state index contributed by atoms with van der Waals surface area (Å²) >= 11 is 11.1. The third kappa shape index (κ3) is 2.33. The Morgan fingerprint density at radius 1 is 1.38 bits per heavy atom. The lowest BCUT2D eigenvalue weighted by molar-refractivity contribution is 0.869. The molecule has 16 heavy (non-hydrogen) atoms. The molecule has 0 aliphatic rings. The minimum Gasteiger partial charge on any atom is -0.320 e. The van der Waals surface area contributed by atoms with Gasteiger partial charge in [0.2, 0.25) is 0 Å². The van der Waals surface area contributed by atoms with Crippen LogP contribution in [0.5, 0.6) is 0 Å². The quantitative estimate of drug-likeness (QED) is 0.866. The highest BCUT2D eigenvalue weighted by Gasteiger charge is 2.13. The van der Waals surface area contributed by atoms with E-state index in [1.165, 1.54) is 10.4 Å². The Labute approximate surface area is 112 Å². The van der Waals surface area contributed by atoms with Gasteiger partial charge < -0.3 is 5.73 Å². The van der Waals surface area contributed by atoms with Crippen LogP contribution in [0.15, 0.2) is 34.1 Å². The maximum absolute atomic E-state index is 6.21. The van der Waals surface area contributed by atoms with Crippen LogP contribution in [0.25, 0.3) is 0 Å². The SMILES string of the molecule is Cc1sccc1C(N)c1ccc(Br)c(Cl)c1. The van der Waals surface area contributed by atoms with Gasteiger partial charge in [0.05, 0.1) is 11.1 Å². The zero-order chi connectivity index (χ0) is 11.7. The summed E-state index contributed by atoms with van der Waals surface area (Å²) in [5.74, 6) is 0. The predicted molar refractivity (Wildman–Crippen MR) is 74.2 cm³/mol. The molecule has 1 aromatic heterocycles. The van der Waals surface area contributed by atoms with Crippen molar-refractivity contribution in [3.05, 3.63) is 55.1 Å². The highest BCUT2D eigenvalue weighted by atomic mass is 79.9. The molecule has 0 saturated carbocycles. The number of halogens is 2. The van der Waals surface area contributed by atoms with Crippen molar-refractivity contribution in [3.63, 3.8) is 0 Å². The van der Waals surface area contributed by atoms with Gasteiger partial charge in [-0.15, -0.1) is 11.3 Å².